The molecule has 0 spiro atoms. The van der Waals surface area contributed by atoms with Crippen molar-refractivity contribution in [2.45, 2.75) is 0 Å². The molecule has 0 saturated heterocycles. The molecule has 16 heavy (non-hydrogen) atoms. The number of benzene rings is 1. The summed E-state index contributed by atoms with van der Waals surface area (Å²) in [6, 6.07) is 6.33. The maximum atomic E-state index is 10.3. The molecule has 0 aliphatic rings. The number of hydrogen-bond acceptors (Lipinski definition) is 3. The van der Waals surface area contributed by atoms with Crippen LogP contribution in [0.3, 0.4) is 0 Å². The third-order valence-corrected chi connectivity index (χ3v) is 1.71. The van der Waals surface area contributed by atoms with Crippen LogP contribution in [0.15, 0.2) is 29.4 Å². The van der Waals surface area contributed by atoms with Crippen molar-refractivity contribution in [3.8, 4) is 6.07 Å². The number of aliphatic carboxylic acids is 1. The highest BCUT2D eigenvalue weighted by Crippen LogP contribution is 2.20. The Kier molecular flexibility index (Phi) is 3.67. The number of carbonyl (C=O) groups is 1. The zero-order chi connectivity index (χ0) is 12.0. The van der Waals surface area contributed by atoms with Crippen LogP contribution in [-0.2, 0) is 4.79 Å². The van der Waals surface area contributed by atoms with Gasteiger partial charge in [0.05, 0.1) is 17.3 Å². The fourth-order valence-electron chi connectivity index (χ4n) is 1.05. The van der Waals surface area contributed by atoms with Crippen LogP contribution in [0.1, 0.15) is 11.1 Å². The van der Waals surface area contributed by atoms with E-state index < -0.39 is 5.97 Å². The van der Waals surface area contributed by atoms with E-state index in [0.29, 0.717) is 5.56 Å². The van der Waals surface area contributed by atoms with Gasteiger partial charge in [-0.2, -0.15) is 5.26 Å². The number of carboxylic acid groups (broad SMARTS) is 1. The highest BCUT2D eigenvalue weighted by molar-refractivity contribution is 5.85. The van der Waals surface area contributed by atoms with Crippen LogP contribution in [0.5, 0.6) is 0 Å². The number of azide groups is 1. The van der Waals surface area contributed by atoms with Crippen LogP contribution in [0.25, 0.3) is 16.5 Å². The van der Waals surface area contributed by atoms with E-state index in [1.165, 1.54) is 18.2 Å². The Bertz CT molecular complexity index is 536. The number of hydrogen-bond donors (Lipinski definition) is 1. The molecule has 1 rings (SSSR count). The standard InChI is InChI=1S/C10H6N4O2/c11-6-8-5-7(2-4-10(15)16)1-3-9(8)13-14-12/h1-5H,(H,15,16)/b4-2+. The number of carboxylic acids is 1. The maximum absolute atomic E-state index is 10.3. The molecule has 0 bridgehead atoms. The van der Waals surface area contributed by atoms with E-state index in [0.717, 1.165) is 6.08 Å². The Morgan fingerprint density at radius 2 is 2.38 bits per heavy atom. The number of nitriles is 1. The molecule has 0 atom stereocenters. The van der Waals surface area contributed by atoms with E-state index >= 15 is 0 Å². The van der Waals surface area contributed by atoms with E-state index in [2.05, 4.69) is 10.0 Å². The molecule has 0 aromatic heterocycles. The molecule has 1 N–H and O–H groups in total. The number of nitrogens with zero attached hydrogens (tertiary/aromatic N) is 4. The Hall–Kier alpha value is -2.77. The van der Waals surface area contributed by atoms with Gasteiger partial charge in [-0.25, -0.2) is 4.79 Å². The summed E-state index contributed by atoms with van der Waals surface area (Å²) in [7, 11) is 0. The summed E-state index contributed by atoms with van der Waals surface area (Å²) in [5, 5.41) is 20.5. The molecule has 1 aromatic rings. The van der Waals surface area contributed by atoms with E-state index in [1.54, 1.807) is 6.07 Å². The molecule has 6 heteroatoms. The summed E-state index contributed by atoms with van der Waals surface area (Å²) in [5.41, 5.74) is 9.21. The topological polar surface area (TPSA) is 110 Å². The Morgan fingerprint density at radius 1 is 1.62 bits per heavy atom. The van der Waals surface area contributed by atoms with Crippen LogP contribution in [0, 0.1) is 11.3 Å². The average Bonchev–Trinajstić information content (AvgIpc) is 2.28. The molecule has 0 aliphatic heterocycles. The first-order valence-electron chi connectivity index (χ1n) is 4.17. The first kappa shape index (κ1) is 11.3. The predicted octanol–water partition coefficient (Wildman–Crippen LogP) is 2.60. The summed E-state index contributed by atoms with van der Waals surface area (Å²) in [6.45, 7) is 0. The van der Waals surface area contributed by atoms with Gasteiger partial charge in [-0.15, -0.1) is 0 Å². The second-order valence-electron chi connectivity index (χ2n) is 2.75. The lowest BCUT2D eigenvalue weighted by Gasteiger charge is -1.97. The van der Waals surface area contributed by atoms with Gasteiger partial charge in [-0.05, 0) is 23.2 Å². The van der Waals surface area contributed by atoms with Crippen molar-refractivity contribution in [1.29, 1.82) is 5.26 Å². The quantitative estimate of drug-likeness (QED) is 0.361. The van der Waals surface area contributed by atoms with Crippen LogP contribution in [0.4, 0.5) is 5.69 Å². The minimum atomic E-state index is -1.07. The van der Waals surface area contributed by atoms with Crippen molar-refractivity contribution in [1.82, 2.24) is 0 Å². The molecule has 0 unspecified atom stereocenters. The van der Waals surface area contributed by atoms with E-state index in [4.69, 9.17) is 15.9 Å². The van der Waals surface area contributed by atoms with Gasteiger partial charge in [-0.1, -0.05) is 17.2 Å². The van der Waals surface area contributed by atoms with Crippen LogP contribution in [-0.4, -0.2) is 11.1 Å². The molecule has 0 heterocycles. The monoisotopic (exact) mass is 214 g/mol. The largest absolute Gasteiger partial charge is 0.478 e. The summed E-state index contributed by atoms with van der Waals surface area (Å²) in [6.07, 6.45) is 2.31. The third kappa shape index (κ3) is 2.87. The summed E-state index contributed by atoms with van der Waals surface area (Å²) in [4.78, 5) is 12.9. The van der Waals surface area contributed by atoms with Gasteiger partial charge in [0.15, 0.2) is 0 Å². The molecule has 0 amide bonds. The molecule has 6 nitrogen and oxygen atoms in total. The zero-order valence-corrected chi connectivity index (χ0v) is 8.03. The molecule has 0 fully saturated rings. The van der Waals surface area contributed by atoms with Crippen molar-refractivity contribution in [3.05, 3.63) is 45.8 Å². The minimum absolute atomic E-state index is 0.199. The van der Waals surface area contributed by atoms with Crippen molar-refractivity contribution in [3.63, 3.8) is 0 Å². The van der Waals surface area contributed by atoms with Crippen LogP contribution >= 0.6 is 0 Å². The molecular weight excluding hydrogens is 208 g/mol. The zero-order valence-electron chi connectivity index (χ0n) is 8.03. The van der Waals surface area contributed by atoms with Crippen molar-refractivity contribution >= 4 is 17.7 Å². The minimum Gasteiger partial charge on any atom is -0.478 e. The van der Waals surface area contributed by atoms with Gasteiger partial charge >= 0.3 is 5.97 Å². The first-order valence-corrected chi connectivity index (χ1v) is 4.17. The lowest BCUT2D eigenvalue weighted by atomic mass is 10.1. The maximum Gasteiger partial charge on any atom is 0.328 e. The summed E-state index contributed by atoms with van der Waals surface area (Å²) >= 11 is 0. The van der Waals surface area contributed by atoms with Gasteiger partial charge in [-0.3, -0.25) is 0 Å². The van der Waals surface area contributed by atoms with Gasteiger partial charge in [0.25, 0.3) is 0 Å². The summed E-state index contributed by atoms with van der Waals surface area (Å²) < 4.78 is 0. The summed E-state index contributed by atoms with van der Waals surface area (Å²) in [5.74, 6) is -1.07. The number of rotatable bonds is 3. The Morgan fingerprint density at radius 3 is 2.94 bits per heavy atom. The predicted molar refractivity (Wildman–Crippen MR) is 56.6 cm³/mol. The van der Waals surface area contributed by atoms with E-state index in [-0.39, 0.29) is 11.3 Å². The van der Waals surface area contributed by atoms with Gasteiger partial charge in [0, 0.05) is 11.0 Å². The van der Waals surface area contributed by atoms with Gasteiger partial charge in [0.1, 0.15) is 0 Å². The molecular formula is C10H6N4O2. The molecule has 0 radical (unpaired) electrons. The van der Waals surface area contributed by atoms with Crippen molar-refractivity contribution in [2.75, 3.05) is 0 Å². The second kappa shape index (κ2) is 5.20. The Balaban J connectivity index is 3.15. The van der Waals surface area contributed by atoms with Crippen molar-refractivity contribution < 1.29 is 9.90 Å². The fourth-order valence-corrected chi connectivity index (χ4v) is 1.05. The second-order valence-corrected chi connectivity index (χ2v) is 2.75. The Labute approximate surface area is 90.7 Å². The third-order valence-electron chi connectivity index (χ3n) is 1.71. The fraction of sp³-hybridized carbons (Fsp3) is 0. The lowest BCUT2D eigenvalue weighted by molar-refractivity contribution is -0.131. The lowest BCUT2D eigenvalue weighted by Crippen LogP contribution is -1.86. The smallest absolute Gasteiger partial charge is 0.328 e. The van der Waals surface area contributed by atoms with Gasteiger partial charge < -0.3 is 5.11 Å². The van der Waals surface area contributed by atoms with E-state index in [9.17, 15) is 4.79 Å². The molecule has 1 aromatic carbocycles. The highest BCUT2D eigenvalue weighted by atomic mass is 16.4. The molecule has 0 aliphatic carbocycles. The molecule has 78 valence electrons. The average molecular weight is 214 g/mol. The SMILES string of the molecule is N#Cc1cc(/C=C/C(=O)O)ccc1N=[N+]=[N-]. The van der Waals surface area contributed by atoms with Crippen LogP contribution in [0.2, 0.25) is 0 Å². The van der Waals surface area contributed by atoms with Crippen LogP contribution < -0.4 is 0 Å². The normalized spacial score (nSPS) is 9.44. The highest BCUT2D eigenvalue weighted by Gasteiger charge is 2.00. The molecule has 0 saturated carbocycles. The van der Waals surface area contributed by atoms with Crippen molar-refractivity contribution in [2.24, 2.45) is 5.11 Å². The first-order chi connectivity index (χ1) is 7.67. The van der Waals surface area contributed by atoms with E-state index in [1.807, 2.05) is 6.07 Å². The van der Waals surface area contributed by atoms with Gasteiger partial charge in [0.2, 0.25) is 0 Å².